The first-order valence-corrected chi connectivity index (χ1v) is 9.64. The van der Waals surface area contributed by atoms with Crippen LogP contribution in [-0.2, 0) is 16.4 Å². The molecule has 6 nitrogen and oxygen atoms in total. The molecule has 1 fully saturated rings. The van der Waals surface area contributed by atoms with Crippen molar-refractivity contribution in [1.82, 2.24) is 10.6 Å². The van der Waals surface area contributed by atoms with Crippen LogP contribution < -0.4 is 15.4 Å². The van der Waals surface area contributed by atoms with Crippen LogP contribution in [0.2, 0.25) is 0 Å². The molecule has 0 amide bonds. The lowest BCUT2D eigenvalue weighted by Crippen LogP contribution is -2.44. The van der Waals surface area contributed by atoms with Gasteiger partial charge in [-0.1, -0.05) is 12.1 Å². The number of hydrogen-bond donors (Lipinski definition) is 2. The minimum absolute atomic E-state index is 0. The van der Waals surface area contributed by atoms with E-state index in [-0.39, 0.29) is 41.5 Å². The Kier molecular flexibility index (Phi) is 8.28. The number of ether oxygens (including phenoxy) is 1. The smallest absolute Gasteiger partial charge is 0.191 e. The molecule has 1 heterocycles. The summed E-state index contributed by atoms with van der Waals surface area (Å²) in [7, 11) is -1.24. The van der Waals surface area contributed by atoms with Crippen molar-refractivity contribution >= 4 is 39.8 Å². The fraction of sp³-hybridized carbons (Fsp3) is 0.562. The van der Waals surface area contributed by atoms with Gasteiger partial charge in [0, 0.05) is 12.6 Å². The van der Waals surface area contributed by atoms with Gasteiger partial charge in [-0.15, -0.1) is 24.0 Å². The lowest BCUT2D eigenvalue weighted by atomic mass is 10.1. The first kappa shape index (κ1) is 21.0. The molecule has 24 heavy (non-hydrogen) atoms. The van der Waals surface area contributed by atoms with Crippen LogP contribution in [0.15, 0.2) is 23.2 Å². The summed E-state index contributed by atoms with van der Waals surface area (Å²) in [6.45, 7) is 5.24. The second-order valence-electron chi connectivity index (χ2n) is 5.74. The molecule has 1 saturated heterocycles. The molecule has 0 bridgehead atoms. The second kappa shape index (κ2) is 9.45. The van der Waals surface area contributed by atoms with E-state index in [4.69, 9.17) is 4.74 Å². The molecule has 8 heteroatoms. The first-order valence-electron chi connectivity index (χ1n) is 7.82. The molecule has 0 radical (unpaired) electrons. The second-order valence-corrected chi connectivity index (χ2v) is 7.97. The van der Waals surface area contributed by atoms with Crippen molar-refractivity contribution in [1.29, 1.82) is 0 Å². The zero-order valence-electron chi connectivity index (χ0n) is 14.3. The summed E-state index contributed by atoms with van der Waals surface area (Å²) in [6, 6.07) is 5.91. The molecule has 0 spiro atoms. The molecule has 1 atom stereocenters. The van der Waals surface area contributed by atoms with Gasteiger partial charge in [0.05, 0.1) is 25.2 Å². The Bertz CT molecular complexity index is 677. The quantitative estimate of drug-likeness (QED) is 0.393. The molecule has 2 rings (SSSR count). The van der Waals surface area contributed by atoms with Crippen LogP contribution in [0.5, 0.6) is 5.75 Å². The van der Waals surface area contributed by atoms with Crippen LogP contribution in [0, 0.1) is 6.92 Å². The SMILES string of the molecule is CCNC(=NCc1ccc(OC)c(C)c1)NC1CCS(=O)(=O)C1.I. The molecular formula is C16H26IN3O3S. The van der Waals surface area contributed by atoms with Gasteiger partial charge in [0.2, 0.25) is 0 Å². The third kappa shape index (κ3) is 6.12. The number of aryl methyl sites for hydroxylation is 1. The van der Waals surface area contributed by atoms with Crippen molar-refractivity contribution in [3.8, 4) is 5.75 Å². The molecule has 136 valence electrons. The Hall–Kier alpha value is -1.03. The Balaban J connectivity index is 0.00000288. The van der Waals surface area contributed by atoms with E-state index in [9.17, 15) is 8.42 Å². The van der Waals surface area contributed by atoms with Gasteiger partial charge in [-0.05, 0) is 37.5 Å². The van der Waals surface area contributed by atoms with Gasteiger partial charge < -0.3 is 15.4 Å². The van der Waals surface area contributed by atoms with E-state index in [1.165, 1.54) is 0 Å². The topological polar surface area (TPSA) is 79.8 Å². The molecule has 1 aliphatic rings. The lowest BCUT2D eigenvalue weighted by molar-refractivity contribution is 0.411. The first-order chi connectivity index (χ1) is 10.9. The Morgan fingerprint density at radius 2 is 2.17 bits per heavy atom. The van der Waals surface area contributed by atoms with E-state index in [0.29, 0.717) is 18.9 Å². The number of guanidine groups is 1. The number of hydrogen-bond acceptors (Lipinski definition) is 4. The fourth-order valence-corrected chi connectivity index (χ4v) is 4.30. The minimum Gasteiger partial charge on any atom is -0.496 e. The highest BCUT2D eigenvalue weighted by molar-refractivity contribution is 14.0. The number of nitrogens with zero attached hydrogens (tertiary/aromatic N) is 1. The number of halogens is 1. The number of nitrogens with one attached hydrogen (secondary N) is 2. The van der Waals surface area contributed by atoms with Crippen LogP contribution in [0.25, 0.3) is 0 Å². The highest BCUT2D eigenvalue weighted by Crippen LogP contribution is 2.19. The highest BCUT2D eigenvalue weighted by atomic mass is 127. The van der Waals surface area contributed by atoms with Crippen molar-refractivity contribution in [3.05, 3.63) is 29.3 Å². The predicted molar refractivity (Wildman–Crippen MR) is 108 cm³/mol. The molecule has 1 unspecified atom stereocenters. The van der Waals surface area contributed by atoms with Gasteiger partial charge in [0.15, 0.2) is 15.8 Å². The van der Waals surface area contributed by atoms with Crippen molar-refractivity contribution in [2.24, 2.45) is 4.99 Å². The summed E-state index contributed by atoms with van der Waals surface area (Å²) in [5.74, 6) is 1.95. The molecule has 0 aromatic heterocycles. The number of sulfone groups is 1. The van der Waals surface area contributed by atoms with E-state index in [0.717, 1.165) is 23.4 Å². The largest absolute Gasteiger partial charge is 0.496 e. The summed E-state index contributed by atoms with van der Waals surface area (Å²) in [5, 5.41) is 6.38. The van der Waals surface area contributed by atoms with Gasteiger partial charge in [-0.25, -0.2) is 13.4 Å². The number of benzene rings is 1. The normalized spacial score (nSPS) is 19.5. The molecule has 0 aliphatic carbocycles. The van der Waals surface area contributed by atoms with E-state index in [1.54, 1.807) is 7.11 Å². The van der Waals surface area contributed by atoms with Crippen molar-refractivity contribution in [2.75, 3.05) is 25.2 Å². The van der Waals surface area contributed by atoms with E-state index in [2.05, 4.69) is 15.6 Å². The summed E-state index contributed by atoms with van der Waals surface area (Å²) < 4.78 is 28.3. The van der Waals surface area contributed by atoms with Gasteiger partial charge in [0.1, 0.15) is 5.75 Å². The van der Waals surface area contributed by atoms with Crippen LogP contribution in [0.4, 0.5) is 0 Å². The average Bonchev–Trinajstić information content (AvgIpc) is 2.84. The summed E-state index contributed by atoms with van der Waals surface area (Å²) in [5.41, 5.74) is 2.15. The van der Waals surface area contributed by atoms with Crippen LogP contribution in [-0.4, -0.2) is 45.6 Å². The molecule has 1 aromatic rings. The summed E-state index contributed by atoms with van der Waals surface area (Å²) in [4.78, 5) is 4.55. The molecular weight excluding hydrogens is 441 g/mol. The zero-order chi connectivity index (χ0) is 16.9. The maximum Gasteiger partial charge on any atom is 0.191 e. The third-order valence-electron chi connectivity index (χ3n) is 3.80. The molecule has 1 aromatic carbocycles. The Morgan fingerprint density at radius 3 is 2.71 bits per heavy atom. The van der Waals surface area contributed by atoms with Crippen LogP contribution >= 0.6 is 24.0 Å². The van der Waals surface area contributed by atoms with Gasteiger partial charge in [0.25, 0.3) is 0 Å². The summed E-state index contributed by atoms with van der Waals surface area (Å²) in [6.07, 6.45) is 0.633. The Labute approximate surface area is 161 Å². The predicted octanol–water partition coefficient (Wildman–Crippen LogP) is 1.86. The average molecular weight is 467 g/mol. The Morgan fingerprint density at radius 1 is 1.42 bits per heavy atom. The van der Waals surface area contributed by atoms with Crippen molar-refractivity contribution < 1.29 is 13.2 Å². The van der Waals surface area contributed by atoms with Gasteiger partial charge >= 0.3 is 0 Å². The van der Waals surface area contributed by atoms with Crippen LogP contribution in [0.3, 0.4) is 0 Å². The number of methoxy groups -OCH3 is 1. The number of rotatable bonds is 5. The van der Waals surface area contributed by atoms with Crippen LogP contribution in [0.1, 0.15) is 24.5 Å². The van der Waals surface area contributed by atoms with Gasteiger partial charge in [-0.2, -0.15) is 0 Å². The number of aliphatic imine (C=N–C) groups is 1. The highest BCUT2D eigenvalue weighted by Gasteiger charge is 2.28. The van der Waals surface area contributed by atoms with Gasteiger partial charge in [-0.3, -0.25) is 0 Å². The van der Waals surface area contributed by atoms with E-state index in [1.807, 2.05) is 32.0 Å². The lowest BCUT2D eigenvalue weighted by Gasteiger charge is -2.16. The molecule has 2 N–H and O–H groups in total. The fourth-order valence-electron chi connectivity index (χ4n) is 2.63. The summed E-state index contributed by atoms with van der Waals surface area (Å²) >= 11 is 0. The maximum atomic E-state index is 11.5. The zero-order valence-corrected chi connectivity index (χ0v) is 17.5. The molecule has 1 aliphatic heterocycles. The molecule has 0 saturated carbocycles. The van der Waals surface area contributed by atoms with Crippen molar-refractivity contribution in [2.45, 2.75) is 32.9 Å². The third-order valence-corrected chi connectivity index (χ3v) is 5.56. The van der Waals surface area contributed by atoms with E-state index < -0.39 is 9.84 Å². The van der Waals surface area contributed by atoms with E-state index >= 15 is 0 Å². The monoisotopic (exact) mass is 467 g/mol. The standard InChI is InChI=1S/C16H25N3O3S.HI/c1-4-17-16(19-14-7-8-23(20,21)11-14)18-10-13-5-6-15(22-3)12(2)9-13;/h5-6,9,14H,4,7-8,10-11H2,1-3H3,(H2,17,18,19);1H. The minimum atomic E-state index is -2.90. The maximum absolute atomic E-state index is 11.5. The van der Waals surface area contributed by atoms with Crippen molar-refractivity contribution in [3.63, 3.8) is 0 Å².